The lowest BCUT2D eigenvalue weighted by atomic mass is 9.89. The van der Waals surface area contributed by atoms with Gasteiger partial charge < -0.3 is 5.73 Å². The molecule has 29 heavy (non-hydrogen) atoms. The van der Waals surface area contributed by atoms with E-state index in [4.69, 9.17) is 5.73 Å². The van der Waals surface area contributed by atoms with Gasteiger partial charge in [0.15, 0.2) is 10.1 Å². The molecule has 0 amide bonds. The van der Waals surface area contributed by atoms with Gasteiger partial charge in [-0.2, -0.15) is 0 Å². The number of nitrogens with zero attached hydrogens (tertiary/aromatic N) is 2. The standard InChI is InChI=1S/C17H16BrFN4O4S2/c1-17(15(18)9-28-16(20)21-17)11-8-10(6-7-12(11)19)22-29(26,27)14-5-3-2-4-13(14)23(24)25/h2-8,15,22H,9H2,1H3,(H2,20,21). The minimum atomic E-state index is -4.28. The van der Waals surface area contributed by atoms with Crippen LogP contribution < -0.4 is 10.5 Å². The summed E-state index contributed by atoms with van der Waals surface area (Å²) < 4.78 is 42.4. The summed E-state index contributed by atoms with van der Waals surface area (Å²) in [5, 5.41) is 11.5. The van der Waals surface area contributed by atoms with E-state index < -0.39 is 36.9 Å². The molecule has 1 aliphatic heterocycles. The number of alkyl halides is 1. The number of hydrogen-bond donors (Lipinski definition) is 2. The fraction of sp³-hybridized carbons (Fsp3) is 0.235. The lowest BCUT2D eigenvalue weighted by Crippen LogP contribution is -2.39. The minimum Gasteiger partial charge on any atom is -0.379 e. The first-order chi connectivity index (χ1) is 13.5. The summed E-state index contributed by atoms with van der Waals surface area (Å²) >= 11 is 4.82. The number of hydrogen-bond acceptors (Lipinski definition) is 7. The van der Waals surface area contributed by atoms with Crippen LogP contribution in [0.4, 0.5) is 15.8 Å². The lowest BCUT2D eigenvalue weighted by molar-refractivity contribution is -0.387. The number of halogens is 2. The molecule has 12 heteroatoms. The Balaban J connectivity index is 2.03. The average Bonchev–Trinajstić information content (AvgIpc) is 2.66. The van der Waals surface area contributed by atoms with Crippen LogP contribution >= 0.6 is 27.7 Å². The van der Waals surface area contributed by atoms with Crippen LogP contribution in [-0.4, -0.2) is 29.1 Å². The molecule has 0 bridgehead atoms. The van der Waals surface area contributed by atoms with Crippen molar-refractivity contribution in [2.45, 2.75) is 22.2 Å². The summed E-state index contributed by atoms with van der Waals surface area (Å²) in [6.07, 6.45) is 0. The van der Waals surface area contributed by atoms with Gasteiger partial charge in [-0.15, -0.1) is 0 Å². The summed E-state index contributed by atoms with van der Waals surface area (Å²) in [5.74, 6) is -0.0219. The number of rotatable bonds is 5. The molecular formula is C17H16BrFN4O4S2. The van der Waals surface area contributed by atoms with Crippen LogP contribution in [0.2, 0.25) is 0 Å². The molecule has 154 valence electrons. The Morgan fingerprint density at radius 3 is 2.76 bits per heavy atom. The second-order valence-corrected chi connectivity index (χ2v) is 10.2. The van der Waals surface area contributed by atoms with E-state index >= 15 is 0 Å². The number of para-hydroxylation sites is 1. The Hall–Kier alpha value is -2.18. The van der Waals surface area contributed by atoms with E-state index in [1.807, 2.05) is 0 Å². The van der Waals surface area contributed by atoms with Gasteiger partial charge in [-0.1, -0.05) is 39.8 Å². The Bertz CT molecular complexity index is 1110. The molecule has 0 saturated carbocycles. The van der Waals surface area contributed by atoms with Crippen LogP contribution in [0.25, 0.3) is 0 Å². The van der Waals surface area contributed by atoms with Crippen molar-refractivity contribution in [1.82, 2.24) is 0 Å². The van der Waals surface area contributed by atoms with Crippen molar-refractivity contribution in [2.75, 3.05) is 10.5 Å². The highest BCUT2D eigenvalue weighted by molar-refractivity contribution is 9.09. The van der Waals surface area contributed by atoms with Crippen LogP contribution in [-0.2, 0) is 15.6 Å². The Kier molecular flexibility index (Phi) is 5.88. The Morgan fingerprint density at radius 2 is 2.07 bits per heavy atom. The SMILES string of the molecule is CC1(c2cc(NS(=O)(=O)c3ccccc3[N+](=O)[O-])ccc2F)N=C(N)SCC1Br. The molecule has 3 N–H and O–H groups in total. The molecule has 0 spiro atoms. The number of anilines is 1. The molecule has 0 aromatic heterocycles. The van der Waals surface area contributed by atoms with Gasteiger partial charge in [-0.05, 0) is 31.2 Å². The van der Waals surface area contributed by atoms with Crippen molar-refractivity contribution in [1.29, 1.82) is 0 Å². The highest BCUT2D eigenvalue weighted by atomic mass is 79.9. The summed E-state index contributed by atoms with van der Waals surface area (Å²) in [4.78, 5) is 14.0. The monoisotopic (exact) mass is 502 g/mol. The molecule has 0 aliphatic carbocycles. The van der Waals surface area contributed by atoms with Crippen LogP contribution in [0, 0.1) is 15.9 Å². The van der Waals surface area contributed by atoms with Crippen LogP contribution in [0.3, 0.4) is 0 Å². The number of nitro groups is 1. The number of thioether (sulfide) groups is 1. The van der Waals surface area contributed by atoms with E-state index in [9.17, 15) is 22.9 Å². The van der Waals surface area contributed by atoms with Gasteiger partial charge in [0.2, 0.25) is 0 Å². The van der Waals surface area contributed by atoms with E-state index in [-0.39, 0.29) is 16.1 Å². The van der Waals surface area contributed by atoms with Crippen molar-refractivity contribution in [2.24, 2.45) is 10.7 Å². The maximum atomic E-state index is 14.6. The predicted octanol–water partition coefficient (Wildman–Crippen LogP) is 3.57. The molecule has 1 aliphatic rings. The highest BCUT2D eigenvalue weighted by Crippen LogP contribution is 2.41. The summed E-state index contributed by atoms with van der Waals surface area (Å²) in [7, 11) is -4.28. The average molecular weight is 503 g/mol. The van der Waals surface area contributed by atoms with Crippen LogP contribution in [0.15, 0.2) is 52.4 Å². The summed E-state index contributed by atoms with van der Waals surface area (Å²) in [6, 6.07) is 8.65. The third-order valence-corrected chi connectivity index (χ3v) is 8.40. The number of nitrogens with two attached hydrogens (primary N) is 1. The first-order valence-corrected chi connectivity index (χ1v) is 11.6. The van der Waals surface area contributed by atoms with E-state index in [0.717, 1.165) is 18.2 Å². The van der Waals surface area contributed by atoms with Gasteiger partial charge in [0.05, 0.1) is 9.75 Å². The number of sulfonamides is 1. The zero-order chi connectivity index (χ0) is 21.4. The van der Waals surface area contributed by atoms with E-state index in [1.165, 1.54) is 36.0 Å². The normalized spacial score (nSPS) is 22.0. The predicted molar refractivity (Wildman–Crippen MR) is 114 cm³/mol. The molecule has 1 heterocycles. The van der Waals surface area contributed by atoms with Crippen LogP contribution in [0.5, 0.6) is 0 Å². The number of benzene rings is 2. The van der Waals surface area contributed by atoms with Crippen molar-refractivity contribution in [3.63, 3.8) is 0 Å². The maximum Gasteiger partial charge on any atom is 0.289 e. The molecule has 2 atom stereocenters. The molecule has 0 radical (unpaired) electrons. The molecule has 0 fully saturated rings. The lowest BCUT2D eigenvalue weighted by Gasteiger charge is -2.35. The summed E-state index contributed by atoms with van der Waals surface area (Å²) in [6.45, 7) is 1.69. The van der Waals surface area contributed by atoms with Crippen molar-refractivity contribution in [3.8, 4) is 0 Å². The first-order valence-electron chi connectivity index (χ1n) is 8.23. The fourth-order valence-electron chi connectivity index (χ4n) is 2.90. The van der Waals surface area contributed by atoms with Gasteiger partial charge >= 0.3 is 0 Å². The molecule has 2 aromatic rings. The van der Waals surface area contributed by atoms with Crippen molar-refractivity contribution >= 4 is 54.3 Å². The smallest absolute Gasteiger partial charge is 0.289 e. The van der Waals surface area contributed by atoms with E-state index in [1.54, 1.807) is 6.92 Å². The van der Waals surface area contributed by atoms with Gasteiger partial charge in [-0.25, -0.2) is 12.8 Å². The molecule has 2 unspecified atom stereocenters. The van der Waals surface area contributed by atoms with Gasteiger partial charge in [0.25, 0.3) is 15.7 Å². The highest BCUT2D eigenvalue weighted by Gasteiger charge is 2.40. The van der Waals surface area contributed by atoms with Gasteiger partial charge in [0, 0.05) is 23.1 Å². The maximum absolute atomic E-state index is 14.6. The van der Waals surface area contributed by atoms with E-state index in [2.05, 4.69) is 25.6 Å². The molecule has 2 aromatic carbocycles. The number of amidine groups is 1. The number of nitro benzene ring substituents is 1. The van der Waals surface area contributed by atoms with Gasteiger partial charge in [0.1, 0.15) is 11.4 Å². The second-order valence-electron chi connectivity index (χ2n) is 6.40. The fourth-order valence-corrected chi connectivity index (χ4v) is 5.77. The van der Waals surface area contributed by atoms with Crippen molar-refractivity contribution in [3.05, 3.63) is 64.0 Å². The largest absolute Gasteiger partial charge is 0.379 e. The minimum absolute atomic E-state index is 0.0486. The zero-order valence-electron chi connectivity index (χ0n) is 15.0. The topological polar surface area (TPSA) is 128 Å². The molecule has 0 saturated heterocycles. The number of nitrogens with one attached hydrogen (secondary N) is 1. The number of aliphatic imine (C=N–C) groups is 1. The van der Waals surface area contributed by atoms with E-state index in [0.29, 0.717) is 10.9 Å². The zero-order valence-corrected chi connectivity index (χ0v) is 18.2. The van der Waals surface area contributed by atoms with Crippen LogP contribution in [0.1, 0.15) is 12.5 Å². The van der Waals surface area contributed by atoms with Crippen molar-refractivity contribution < 1.29 is 17.7 Å². The molecule has 8 nitrogen and oxygen atoms in total. The summed E-state index contributed by atoms with van der Waals surface area (Å²) in [5.41, 5.74) is 4.39. The Labute approximate surface area is 179 Å². The molecule has 3 rings (SSSR count). The third-order valence-electron chi connectivity index (χ3n) is 4.45. The van der Waals surface area contributed by atoms with Gasteiger partial charge in [-0.3, -0.25) is 19.8 Å². The first kappa shape index (κ1) is 21.5. The molecular weight excluding hydrogens is 487 g/mol. The third kappa shape index (κ3) is 4.23. The Morgan fingerprint density at radius 1 is 1.38 bits per heavy atom. The second kappa shape index (κ2) is 7.92. The quantitative estimate of drug-likeness (QED) is 0.365.